The number of benzene rings is 1. The molecule has 0 bridgehead atoms. The average Bonchev–Trinajstić information content (AvgIpc) is 3.00. The van der Waals surface area contributed by atoms with E-state index < -0.39 is 43.2 Å². The first-order chi connectivity index (χ1) is 22.5. The molecule has 4 fully saturated rings. The highest BCUT2D eigenvalue weighted by molar-refractivity contribution is 7.90. The summed E-state index contributed by atoms with van der Waals surface area (Å²) >= 11 is 0. The number of allylic oxidation sites excluding steroid dienone is 2. The molecule has 6 rings (SSSR count). The molecule has 49 heavy (non-hydrogen) atoms. The van der Waals surface area contributed by atoms with Crippen molar-refractivity contribution in [2.24, 2.45) is 50.2 Å². The van der Waals surface area contributed by atoms with E-state index >= 15 is 0 Å². The van der Waals surface area contributed by atoms with Crippen LogP contribution >= 0.6 is 0 Å². The Morgan fingerprint density at radius 2 is 1.57 bits per heavy atom. The van der Waals surface area contributed by atoms with Crippen molar-refractivity contribution in [2.45, 2.75) is 124 Å². The Morgan fingerprint density at radius 3 is 2.22 bits per heavy atom. The third-order valence-corrected chi connectivity index (χ3v) is 16.2. The van der Waals surface area contributed by atoms with Crippen LogP contribution in [0.4, 0.5) is 13.2 Å². The SMILES string of the molecule is CC1(C(=O)NOCc2ccccc2)CCC2(C)CCC3(C)C(=CC(=O)C4C5(C)CCC(NS(=O)(=O)C(F)(F)F)C(C)(C)C5CCC43C)C2C1. The van der Waals surface area contributed by atoms with Crippen molar-refractivity contribution in [3.63, 3.8) is 0 Å². The van der Waals surface area contributed by atoms with Gasteiger partial charge in [0, 0.05) is 17.4 Å². The van der Waals surface area contributed by atoms with Crippen molar-refractivity contribution >= 4 is 21.7 Å². The Kier molecular flexibility index (Phi) is 8.68. The molecule has 0 aliphatic heterocycles. The number of hydrogen-bond acceptors (Lipinski definition) is 5. The lowest BCUT2D eigenvalue weighted by molar-refractivity contribution is -0.188. The number of amides is 1. The molecule has 4 saturated carbocycles. The number of hydrogen-bond donors (Lipinski definition) is 2. The van der Waals surface area contributed by atoms with Gasteiger partial charge in [-0.25, -0.2) is 18.6 Å². The van der Waals surface area contributed by atoms with E-state index in [0.717, 1.165) is 36.8 Å². The Hall–Kier alpha value is -2.24. The van der Waals surface area contributed by atoms with Gasteiger partial charge in [0.05, 0.1) is 6.61 Å². The third kappa shape index (κ3) is 5.54. The smallest absolute Gasteiger partial charge is 0.295 e. The first kappa shape index (κ1) is 36.5. The molecule has 0 radical (unpaired) electrons. The summed E-state index contributed by atoms with van der Waals surface area (Å²) in [5.74, 6) is -0.527. The number of halogens is 3. The molecule has 11 heteroatoms. The molecular formula is C38H53F3N2O5S. The number of ketones is 1. The second kappa shape index (κ2) is 11.6. The number of sulfonamides is 1. The third-order valence-electron chi connectivity index (χ3n) is 15.0. The number of carbonyl (C=O) groups excluding carboxylic acids is 2. The zero-order chi connectivity index (χ0) is 36.1. The van der Waals surface area contributed by atoms with E-state index in [9.17, 15) is 31.2 Å². The zero-order valence-electron chi connectivity index (χ0n) is 29.9. The molecule has 2 N–H and O–H groups in total. The highest BCUT2D eigenvalue weighted by atomic mass is 32.2. The van der Waals surface area contributed by atoms with Gasteiger partial charge in [0.15, 0.2) is 5.78 Å². The standard InChI is InChI=1S/C38H53F3N2O5S/c1-32(2)28-13-16-37(7)30(35(28,5)15-14-29(32)43-49(46,47)38(39,40)41)27(44)21-25-26-22-34(4,18-17-33(26,3)19-20-36(25,37)6)31(45)42-48-23-24-11-9-8-10-12-24/h8-12,21,26,28-30,43H,13-20,22-23H2,1-7H3,(H,42,45). The molecular weight excluding hydrogens is 653 g/mol. The fourth-order valence-electron chi connectivity index (χ4n) is 11.7. The zero-order valence-corrected chi connectivity index (χ0v) is 30.7. The van der Waals surface area contributed by atoms with Gasteiger partial charge < -0.3 is 0 Å². The Balaban J connectivity index is 1.28. The number of nitrogens with one attached hydrogen (secondary N) is 2. The Morgan fingerprint density at radius 1 is 0.918 bits per heavy atom. The van der Waals surface area contributed by atoms with Crippen LogP contribution in [-0.2, 0) is 31.1 Å². The fraction of sp³-hybridized carbons (Fsp3) is 0.737. The van der Waals surface area contributed by atoms with Gasteiger partial charge in [-0.05, 0) is 108 Å². The largest absolute Gasteiger partial charge is 0.511 e. The van der Waals surface area contributed by atoms with E-state index in [2.05, 4.69) is 33.2 Å². The maximum Gasteiger partial charge on any atom is 0.511 e. The molecule has 9 unspecified atom stereocenters. The minimum atomic E-state index is -5.51. The minimum absolute atomic E-state index is 0.0427. The van der Waals surface area contributed by atoms with Crippen LogP contribution < -0.4 is 10.2 Å². The molecule has 0 saturated heterocycles. The number of hydroxylamine groups is 1. The van der Waals surface area contributed by atoms with Crippen LogP contribution in [0.1, 0.15) is 112 Å². The van der Waals surface area contributed by atoms with E-state index in [1.54, 1.807) is 0 Å². The highest BCUT2D eigenvalue weighted by Crippen LogP contribution is 2.75. The summed E-state index contributed by atoms with van der Waals surface area (Å²) in [6.07, 6.45) is 8.12. The second-order valence-corrected chi connectivity index (χ2v) is 19.6. The summed E-state index contributed by atoms with van der Waals surface area (Å²) < 4.78 is 66.6. The summed E-state index contributed by atoms with van der Waals surface area (Å²) in [7, 11) is -5.51. The maximum atomic E-state index is 14.7. The van der Waals surface area contributed by atoms with Gasteiger partial charge >= 0.3 is 15.5 Å². The Bertz CT molecular complexity index is 1650. The van der Waals surface area contributed by atoms with E-state index in [-0.39, 0.29) is 53.3 Å². The summed E-state index contributed by atoms with van der Waals surface area (Å²) in [6.45, 7) is 15.0. The first-order valence-electron chi connectivity index (χ1n) is 17.8. The van der Waals surface area contributed by atoms with Crippen LogP contribution in [0, 0.1) is 50.2 Å². The lowest BCUT2D eigenvalue weighted by Gasteiger charge is -2.70. The van der Waals surface area contributed by atoms with Crippen LogP contribution in [0.2, 0.25) is 0 Å². The van der Waals surface area contributed by atoms with Gasteiger partial charge in [0.2, 0.25) is 5.91 Å². The summed E-state index contributed by atoms with van der Waals surface area (Å²) in [5.41, 5.74) is -3.27. The number of fused-ring (bicyclic) bond motifs is 7. The molecule has 7 nitrogen and oxygen atoms in total. The van der Waals surface area contributed by atoms with Gasteiger partial charge in [0.1, 0.15) is 0 Å². The van der Waals surface area contributed by atoms with E-state index in [4.69, 9.17) is 4.84 Å². The quantitative estimate of drug-likeness (QED) is 0.292. The molecule has 0 aromatic heterocycles. The predicted molar refractivity (Wildman–Crippen MR) is 181 cm³/mol. The fourth-order valence-corrected chi connectivity index (χ4v) is 12.7. The normalized spacial score (nSPS) is 41.8. The van der Waals surface area contributed by atoms with Gasteiger partial charge in [-0.1, -0.05) is 84.4 Å². The molecule has 9 atom stereocenters. The summed E-state index contributed by atoms with van der Waals surface area (Å²) in [4.78, 5) is 34.0. The van der Waals surface area contributed by atoms with Gasteiger partial charge in [0.25, 0.3) is 0 Å². The van der Waals surface area contributed by atoms with Crippen molar-refractivity contribution in [1.29, 1.82) is 0 Å². The van der Waals surface area contributed by atoms with Crippen molar-refractivity contribution in [3.8, 4) is 0 Å². The minimum Gasteiger partial charge on any atom is -0.295 e. The molecule has 0 spiro atoms. The monoisotopic (exact) mass is 706 g/mol. The van der Waals surface area contributed by atoms with Crippen LogP contribution in [-0.4, -0.2) is 31.7 Å². The van der Waals surface area contributed by atoms with E-state index in [1.165, 1.54) is 0 Å². The molecule has 5 aliphatic carbocycles. The van der Waals surface area contributed by atoms with Crippen LogP contribution in [0.3, 0.4) is 0 Å². The number of carbonyl (C=O) groups is 2. The van der Waals surface area contributed by atoms with Crippen LogP contribution in [0.15, 0.2) is 42.0 Å². The van der Waals surface area contributed by atoms with Crippen molar-refractivity contribution in [2.75, 3.05) is 0 Å². The lowest BCUT2D eigenvalue weighted by atomic mass is 9.33. The average molecular weight is 707 g/mol. The highest BCUT2D eigenvalue weighted by Gasteiger charge is 2.70. The van der Waals surface area contributed by atoms with Gasteiger partial charge in [-0.15, -0.1) is 0 Å². The first-order valence-corrected chi connectivity index (χ1v) is 19.3. The summed E-state index contributed by atoms with van der Waals surface area (Å²) in [5, 5.41) is 0. The van der Waals surface area contributed by atoms with Crippen molar-refractivity contribution in [1.82, 2.24) is 10.2 Å². The van der Waals surface area contributed by atoms with Crippen LogP contribution in [0.5, 0.6) is 0 Å². The van der Waals surface area contributed by atoms with Crippen molar-refractivity contribution < 1.29 is 36.0 Å². The molecule has 1 aromatic rings. The molecule has 0 heterocycles. The maximum absolute atomic E-state index is 14.7. The predicted octanol–water partition coefficient (Wildman–Crippen LogP) is 8.02. The molecule has 5 aliphatic rings. The van der Waals surface area contributed by atoms with Gasteiger partial charge in [-0.3, -0.25) is 14.4 Å². The number of rotatable bonds is 6. The molecule has 1 aromatic carbocycles. The molecule has 1 amide bonds. The topological polar surface area (TPSA) is 102 Å². The molecule has 272 valence electrons. The summed E-state index contributed by atoms with van der Waals surface area (Å²) in [6, 6.07) is 8.78. The lowest BCUT2D eigenvalue weighted by Crippen LogP contribution is -2.68. The van der Waals surface area contributed by atoms with Crippen molar-refractivity contribution in [3.05, 3.63) is 47.5 Å². The Labute approximate surface area is 289 Å². The number of alkyl halides is 3. The van der Waals surface area contributed by atoms with E-state index in [0.29, 0.717) is 25.7 Å². The van der Waals surface area contributed by atoms with Crippen LogP contribution in [0.25, 0.3) is 0 Å². The second-order valence-electron chi connectivity index (χ2n) is 17.9. The van der Waals surface area contributed by atoms with E-state index in [1.807, 2.05) is 61.9 Å². The van der Waals surface area contributed by atoms with Gasteiger partial charge in [-0.2, -0.15) is 13.2 Å².